The Balaban J connectivity index is 1.42. The van der Waals surface area contributed by atoms with Gasteiger partial charge in [0.25, 0.3) is 0 Å². The van der Waals surface area contributed by atoms with Crippen molar-refractivity contribution in [2.75, 3.05) is 57.0 Å². The fourth-order valence-corrected chi connectivity index (χ4v) is 6.61. The van der Waals surface area contributed by atoms with Crippen molar-refractivity contribution in [3.05, 3.63) is 35.1 Å². The second-order valence-corrected chi connectivity index (χ2v) is 11.5. The van der Waals surface area contributed by atoms with Crippen LogP contribution < -0.4 is 20.7 Å². The molecular formula is C27H31ClFN7OS. The molecule has 2 aromatic heterocycles. The number of piperidine rings is 1. The number of anilines is 2. The predicted octanol–water partition coefficient (Wildman–Crippen LogP) is 4.94. The number of hydrogen-bond donors (Lipinski definition) is 2. The van der Waals surface area contributed by atoms with Crippen LogP contribution in [0.5, 0.6) is 6.01 Å². The number of thiazole rings is 1. The van der Waals surface area contributed by atoms with Crippen molar-refractivity contribution < 1.29 is 9.13 Å². The van der Waals surface area contributed by atoms with E-state index in [2.05, 4.69) is 32.1 Å². The number of likely N-dealkylation sites (tertiary alicyclic amines) is 1. The maximum Gasteiger partial charge on any atom is 0.319 e. The van der Waals surface area contributed by atoms with Crippen LogP contribution in [0.3, 0.4) is 0 Å². The molecule has 2 aliphatic rings. The van der Waals surface area contributed by atoms with Crippen LogP contribution in [-0.4, -0.2) is 72.3 Å². The number of para-hydroxylation sites is 1. The highest BCUT2D eigenvalue weighted by atomic mass is 35.5. The van der Waals surface area contributed by atoms with Crippen LogP contribution in [0.1, 0.15) is 25.7 Å². The third-order valence-corrected chi connectivity index (χ3v) is 8.72. The molecule has 2 saturated heterocycles. The number of halogens is 2. The molecule has 11 heteroatoms. The zero-order valence-electron chi connectivity index (χ0n) is 21.3. The van der Waals surface area contributed by atoms with Crippen LogP contribution >= 0.6 is 22.9 Å². The van der Waals surface area contributed by atoms with E-state index < -0.39 is 5.82 Å². The molecule has 200 valence electrons. The van der Waals surface area contributed by atoms with Crippen molar-refractivity contribution in [2.24, 2.45) is 0 Å². The average molecular weight is 556 g/mol. The summed E-state index contributed by atoms with van der Waals surface area (Å²) < 4.78 is 23.4. The summed E-state index contributed by atoms with van der Waals surface area (Å²) in [6, 6.07) is 8.02. The van der Waals surface area contributed by atoms with Gasteiger partial charge in [0.2, 0.25) is 0 Å². The molecule has 2 aliphatic heterocycles. The summed E-state index contributed by atoms with van der Waals surface area (Å²) in [4.78, 5) is 18.3. The second-order valence-electron chi connectivity index (χ2n) is 9.98. The van der Waals surface area contributed by atoms with Gasteiger partial charge in [-0.2, -0.15) is 9.97 Å². The molecular weight excluding hydrogens is 525 g/mol. The number of nitrogens with one attached hydrogen (secondary N) is 1. The Morgan fingerprint density at radius 3 is 2.82 bits per heavy atom. The van der Waals surface area contributed by atoms with Gasteiger partial charge < -0.3 is 25.6 Å². The molecule has 0 saturated carbocycles. The Bertz CT molecular complexity index is 1480. The molecule has 3 N–H and O–H groups in total. The van der Waals surface area contributed by atoms with Gasteiger partial charge >= 0.3 is 6.01 Å². The van der Waals surface area contributed by atoms with Gasteiger partial charge in [0, 0.05) is 48.7 Å². The molecule has 38 heavy (non-hydrogen) atoms. The van der Waals surface area contributed by atoms with Gasteiger partial charge in [-0.3, -0.25) is 0 Å². The standard InChI is InChI=1S/C27H31ClFN7OS/c1-35-11-3-2-5-16(35)8-14-37-27-33-24-18(25(34-27)36-12-9-31-10-13-36)15-19(28)21(22(24)29)17-6-4-7-20-23(17)32-26(30)38-20/h4,6-7,15-16,31H,2-3,5,8-14H2,1H3,(H2,30,32). The van der Waals surface area contributed by atoms with E-state index >= 15 is 4.39 Å². The first-order valence-electron chi connectivity index (χ1n) is 13.1. The van der Waals surface area contributed by atoms with Crippen LogP contribution in [0.15, 0.2) is 24.3 Å². The molecule has 0 aliphatic carbocycles. The molecule has 1 atom stereocenters. The number of rotatable bonds is 6. The zero-order chi connectivity index (χ0) is 26.2. The van der Waals surface area contributed by atoms with Crippen LogP contribution in [0, 0.1) is 5.82 Å². The number of piperazine rings is 1. The molecule has 2 aromatic carbocycles. The Morgan fingerprint density at radius 1 is 1.16 bits per heavy atom. The van der Waals surface area contributed by atoms with E-state index in [4.69, 9.17) is 27.1 Å². The fourth-order valence-electron chi connectivity index (χ4n) is 5.55. The Kier molecular flexibility index (Phi) is 7.22. The lowest BCUT2D eigenvalue weighted by atomic mass is 10.0. The first-order valence-corrected chi connectivity index (χ1v) is 14.3. The number of ether oxygens (including phenoxy) is 1. The number of nitrogen functional groups attached to an aromatic ring is 1. The minimum absolute atomic E-state index is 0.188. The van der Waals surface area contributed by atoms with E-state index in [9.17, 15) is 0 Å². The molecule has 2 fully saturated rings. The van der Waals surface area contributed by atoms with Crippen LogP contribution in [0.4, 0.5) is 15.3 Å². The summed E-state index contributed by atoms with van der Waals surface area (Å²) in [5.41, 5.74) is 7.63. The monoisotopic (exact) mass is 555 g/mol. The van der Waals surface area contributed by atoms with Gasteiger partial charge in [-0.15, -0.1) is 0 Å². The summed E-state index contributed by atoms with van der Waals surface area (Å²) in [5.74, 6) is 0.131. The Morgan fingerprint density at radius 2 is 2.00 bits per heavy atom. The highest BCUT2D eigenvalue weighted by Gasteiger charge is 2.25. The highest BCUT2D eigenvalue weighted by molar-refractivity contribution is 7.22. The maximum atomic E-state index is 16.4. The van der Waals surface area contributed by atoms with Crippen molar-refractivity contribution in [3.8, 4) is 17.1 Å². The normalized spacial score (nSPS) is 18.9. The second kappa shape index (κ2) is 10.8. The number of nitrogens with zero attached hydrogens (tertiary/aromatic N) is 5. The summed E-state index contributed by atoms with van der Waals surface area (Å²) in [7, 11) is 2.16. The lowest BCUT2D eigenvalue weighted by Crippen LogP contribution is -2.44. The maximum absolute atomic E-state index is 16.4. The molecule has 0 radical (unpaired) electrons. The van der Waals surface area contributed by atoms with Crippen molar-refractivity contribution in [1.29, 1.82) is 0 Å². The molecule has 4 heterocycles. The average Bonchev–Trinajstić information content (AvgIpc) is 3.31. The number of benzene rings is 2. The minimum atomic E-state index is -0.512. The zero-order valence-corrected chi connectivity index (χ0v) is 22.9. The fraction of sp³-hybridized carbons (Fsp3) is 0.444. The van der Waals surface area contributed by atoms with Crippen molar-refractivity contribution in [2.45, 2.75) is 31.7 Å². The minimum Gasteiger partial charge on any atom is -0.463 e. The van der Waals surface area contributed by atoms with E-state index in [1.807, 2.05) is 18.2 Å². The molecule has 1 unspecified atom stereocenters. The van der Waals surface area contributed by atoms with Crippen LogP contribution in [-0.2, 0) is 0 Å². The predicted molar refractivity (Wildman–Crippen MR) is 153 cm³/mol. The van der Waals surface area contributed by atoms with E-state index in [1.165, 1.54) is 24.2 Å². The summed E-state index contributed by atoms with van der Waals surface area (Å²) >= 11 is 8.13. The third-order valence-electron chi connectivity index (χ3n) is 7.57. The van der Waals surface area contributed by atoms with Gasteiger partial charge in [-0.1, -0.05) is 41.5 Å². The number of aromatic nitrogens is 3. The molecule has 0 spiro atoms. The van der Waals surface area contributed by atoms with E-state index in [-0.39, 0.29) is 22.1 Å². The van der Waals surface area contributed by atoms with Gasteiger partial charge in [0.1, 0.15) is 11.3 Å². The first kappa shape index (κ1) is 25.5. The number of hydrogen-bond acceptors (Lipinski definition) is 9. The third kappa shape index (κ3) is 4.86. The van der Waals surface area contributed by atoms with Gasteiger partial charge in [-0.25, -0.2) is 9.37 Å². The number of fused-ring (bicyclic) bond motifs is 2. The first-order chi connectivity index (χ1) is 18.5. The lowest BCUT2D eigenvalue weighted by molar-refractivity contribution is 0.150. The van der Waals surface area contributed by atoms with E-state index in [1.54, 1.807) is 6.07 Å². The SMILES string of the molecule is CN1CCCCC1CCOc1nc(N2CCNCC2)c2cc(Cl)c(-c3cccc4sc(N)nc34)c(F)c2n1. The van der Waals surface area contributed by atoms with Crippen molar-refractivity contribution in [3.63, 3.8) is 0 Å². The van der Waals surface area contributed by atoms with E-state index in [0.717, 1.165) is 50.3 Å². The quantitative estimate of drug-likeness (QED) is 0.345. The summed E-state index contributed by atoms with van der Waals surface area (Å²) in [5, 5.41) is 4.63. The lowest BCUT2D eigenvalue weighted by Gasteiger charge is -2.32. The van der Waals surface area contributed by atoms with Crippen molar-refractivity contribution >= 4 is 55.0 Å². The Hall–Kier alpha value is -2.79. The highest BCUT2D eigenvalue weighted by Crippen LogP contribution is 2.42. The molecule has 0 bridgehead atoms. The van der Waals surface area contributed by atoms with Gasteiger partial charge in [0.05, 0.1) is 21.8 Å². The van der Waals surface area contributed by atoms with E-state index in [0.29, 0.717) is 40.1 Å². The summed E-state index contributed by atoms with van der Waals surface area (Å²) in [6.45, 7) is 4.71. The topological polar surface area (TPSA) is 92.4 Å². The van der Waals surface area contributed by atoms with Crippen molar-refractivity contribution in [1.82, 2.24) is 25.2 Å². The van der Waals surface area contributed by atoms with Crippen LogP contribution in [0.2, 0.25) is 5.02 Å². The molecule has 0 amide bonds. The van der Waals surface area contributed by atoms with Crippen LogP contribution in [0.25, 0.3) is 32.2 Å². The Labute approximate surface area is 230 Å². The van der Waals surface area contributed by atoms with Gasteiger partial charge in [-0.05, 0) is 45.0 Å². The molecule has 6 rings (SSSR count). The summed E-state index contributed by atoms with van der Waals surface area (Å²) in [6.07, 6.45) is 4.51. The van der Waals surface area contributed by atoms with Gasteiger partial charge in [0.15, 0.2) is 10.9 Å². The smallest absolute Gasteiger partial charge is 0.319 e. The largest absolute Gasteiger partial charge is 0.463 e. The molecule has 8 nitrogen and oxygen atoms in total. The number of nitrogens with two attached hydrogens (primary N) is 1. The molecule has 4 aromatic rings.